The number of likely N-dealkylation sites (tertiary alicyclic amines) is 1. The number of imide groups is 1. The molecule has 28 heavy (non-hydrogen) atoms. The molecule has 0 bridgehead atoms. The van der Waals surface area contributed by atoms with E-state index in [1.165, 1.54) is 17.0 Å². The van der Waals surface area contributed by atoms with Gasteiger partial charge >= 0.3 is 0 Å². The van der Waals surface area contributed by atoms with Crippen molar-refractivity contribution in [2.24, 2.45) is 5.92 Å². The van der Waals surface area contributed by atoms with Crippen molar-refractivity contribution in [2.75, 3.05) is 5.06 Å². The van der Waals surface area contributed by atoms with Crippen LogP contribution in [0.2, 0.25) is 0 Å². The Kier molecular flexibility index (Phi) is 4.35. The molecule has 2 saturated heterocycles. The summed E-state index contributed by atoms with van der Waals surface area (Å²) in [5.74, 6) is -1.35. The molecule has 2 aromatic carbocycles. The smallest absolute Gasteiger partial charge is 0.269 e. The molecule has 0 aliphatic carbocycles. The average molecular weight is 381 g/mol. The summed E-state index contributed by atoms with van der Waals surface area (Å²) in [5.41, 5.74) is 1.34. The number of hydroxylamine groups is 1. The maximum absolute atomic E-state index is 13.1. The van der Waals surface area contributed by atoms with Crippen molar-refractivity contribution in [3.05, 3.63) is 70.3 Å². The number of carbonyl (C=O) groups is 2. The molecule has 2 amide bonds. The molecule has 0 N–H and O–H groups in total. The Hall–Kier alpha value is -3.26. The summed E-state index contributed by atoms with van der Waals surface area (Å²) in [6.07, 6.45) is -0.907. The van der Waals surface area contributed by atoms with E-state index in [9.17, 15) is 19.7 Å². The Bertz CT molecular complexity index is 929. The number of rotatable bonds is 4. The maximum atomic E-state index is 13.1. The Morgan fingerprint density at radius 1 is 1.00 bits per heavy atom. The molecule has 0 spiro atoms. The molecule has 0 saturated carbocycles. The molecule has 0 radical (unpaired) electrons. The largest absolute Gasteiger partial charge is 0.277 e. The Labute approximate surface area is 161 Å². The molecule has 8 heteroatoms. The summed E-state index contributed by atoms with van der Waals surface area (Å²) < 4.78 is 0. The maximum Gasteiger partial charge on any atom is 0.269 e. The normalized spacial score (nSPS) is 24.2. The second kappa shape index (κ2) is 6.72. The standard InChI is InChI=1S/C20H19N3O5/c1-12(2)21-19(24)16-17(13-8-10-15(11-9-13)23(26)27)22(28-18(16)20(21)25)14-6-4-3-5-7-14/h3-12,16-18H,1-2H3/t16-,17-,18+/m1/s1. The van der Waals surface area contributed by atoms with Crippen molar-refractivity contribution < 1.29 is 19.3 Å². The molecular weight excluding hydrogens is 362 g/mol. The van der Waals surface area contributed by atoms with Crippen molar-refractivity contribution in [2.45, 2.75) is 32.0 Å². The number of para-hydroxylation sites is 1. The molecule has 2 aliphatic rings. The predicted molar refractivity (Wildman–Crippen MR) is 100 cm³/mol. The number of nitro groups is 1. The number of benzene rings is 2. The molecule has 0 aromatic heterocycles. The van der Waals surface area contributed by atoms with Crippen molar-refractivity contribution in [1.29, 1.82) is 0 Å². The van der Waals surface area contributed by atoms with E-state index >= 15 is 0 Å². The van der Waals surface area contributed by atoms with Gasteiger partial charge in [0.1, 0.15) is 5.92 Å². The number of nitro benzene ring substituents is 1. The van der Waals surface area contributed by atoms with Crippen molar-refractivity contribution in [3.63, 3.8) is 0 Å². The summed E-state index contributed by atoms with van der Waals surface area (Å²) in [6.45, 7) is 3.57. The Balaban J connectivity index is 1.79. The van der Waals surface area contributed by atoms with E-state index in [2.05, 4.69) is 0 Å². The van der Waals surface area contributed by atoms with Gasteiger partial charge in [0.15, 0.2) is 6.10 Å². The minimum absolute atomic E-state index is 0.0388. The zero-order chi connectivity index (χ0) is 20.0. The fourth-order valence-electron chi connectivity index (χ4n) is 3.88. The van der Waals surface area contributed by atoms with Crippen LogP contribution in [0.4, 0.5) is 11.4 Å². The number of hydrogen-bond donors (Lipinski definition) is 0. The van der Waals surface area contributed by atoms with Gasteiger partial charge in [-0.25, -0.2) is 5.06 Å². The third kappa shape index (κ3) is 2.73. The van der Waals surface area contributed by atoms with E-state index in [0.29, 0.717) is 11.3 Å². The lowest BCUT2D eigenvalue weighted by Gasteiger charge is -2.29. The van der Waals surface area contributed by atoms with E-state index in [-0.39, 0.29) is 23.5 Å². The van der Waals surface area contributed by atoms with Crippen LogP contribution in [0.1, 0.15) is 25.5 Å². The highest BCUT2D eigenvalue weighted by Gasteiger charge is 2.60. The minimum atomic E-state index is -0.907. The Morgan fingerprint density at radius 2 is 1.64 bits per heavy atom. The van der Waals surface area contributed by atoms with Gasteiger partial charge in [0.25, 0.3) is 11.6 Å². The highest BCUT2D eigenvalue weighted by atomic mass is 16.7. The first-order chi connectivity index (χ1) is 13.4. The summed E-state index contributed by atoms with van der Waals surface area (Å²) in [4.78, 5) is 43.6. The van der Waals surface area contributed by atoms with Crippen LogP contribution in [0.15, 0.2) is 54.6 Å². The first kappa shape index (κ1) is 18.1. The van der Waals surface area contributed by atoms with Crippen LogP contribution in [-0.2, 0) is 14.4 Å². The number of anilines is 1. The van der Waals surface area contributed by atoms with Crippen LogP contribution in [0.25, 0.3) is 0 Å². The quantitative estimate of drug-likeness (QED) is 0.459. The molecule has 8 nitrogen and oxygen atoms in total. The van der Waals surface area contributed by atoms with E-state index in [0.717, 1.165) is 0 Å². The van der Waals surface area contributed by atoms with Crippen molar-refractivity contribution >= 4 is 23.2 Å². The topological polar surface area (TPSA) is 93.0 Å². The number of carbonyl (C=O) groups excluding carboxylic acids is 2. The number of amides is 2. The van der Waals surface area contributed by atoms with E-state index in [1.807, 2.05) is 30.3 Å². The number of nitrogens with zero attached hydrogens (tertiary/aromatic N) is 3. The highest BCUT2D eigenvalue weighted by molar-refractivity contribution is 6.08. The molecule has 2 fully saturated rings. The SMILES string of the molecule is CC(C)N1C(=O)[C@H]2[C@H](ON(c3ccccc3)[C@@H]2c2ccc([N+](=O)[O-])cc2)C1=O. The molecule has 0 unspecified atom stereocenters. The molecule has 2 aliphatic heterocycles. The van der Waals surface area contributed by atoms with Crippen LogP contribution in [0, 0.1) is 16.0 Å². The summed E-state index contributed by atoms with van der Waals surface area (Å²) in [5, 5.41) is 12.6. The van der Waals surface area contributed by atoms with Gasteiger partial charge in [-0.3, -0.25) is 29.4 Å². The number of non-ortho nitro benzene ring substituents is 1. The molecular formula is C20H19N3O5. The summed E-state index contributed by atoms with van der Waals surface area (Å²) in [6, 6.07) is 14.4. The van der Waals surface area contributed by atoms with Crippen LogP contribution in [-0.4, -0.2) is 33.8 Å². The average Bonchev–Trinajstić information content (AvgIpc) is 3.19. The van der Waals surface area contributed by atoms with Crippen molar-refractivity contribution in [3.8, 4) is 0 Å². The van der Waals surface area contributed by atoms with E-state index in [1.54, 1.807) is 31.0 Å². The molecule has 144 valence electrons. The van der Waals surface area contributed by atoms with Gasteiger partial charge in [-0.05, 0) is 31.5 Å². The third-order valence-corrected chi connectivity index (χ3v) is 5.12. The van der Waals surface area contributed by atoms with Gasteiger partial charge in [-0.1, -0.05) is 30.3 Å². The predicted octanol–water partition coefficient (Wildman–Crippen LogP) is 2.85. The second-order valence-electron chi connectivity index (χ2n) is 7.15. The number of hydrogen-bond acceptors (Lipinski definition) is 6. The van der Waals surface area contributed by atoms with E-state index < -0.39 is 23.0 Å². The summed E-state index contributed by atoms with van der Waals surface area (Å²) >= 11 is 0. The lowest BCUT2D eigenvalue weighted by atomic mass is 9.90. The van der Waals surface area contributed by atoms with Crippen LogP contribution >= 0.6 is 0 Å². The highest BCUT2D eigenvalue weighted by Crippen LogP contribution is 2.47. The third-order valence-electron chi connectivity index (χ3n) is 5.12. The van der Waals surface area contributed by atoms with Gasteiger partial charge < -0.3 is 0 Å². The summed E-state index contributed by atoms with van der Waals surface area (Å²) in [7, 11) is 0. The van der Waals surface area contributed by atoms with Crippen molar-refractivity contribution in [1.82, 2.24) is 4.90 Å². The molecule has 4 rings (SSSR count). The molecule has 2 aromatic rings. The lowest BCUT2D eigenvalue weighted by molar-refractivity contribution is -0.384. The van der Waals surface area contributed by atoms with Gasteiger partial charge in [-0.2, -0.15) is 0 Å². The first-order valence-electron chi connectivity index (χ1n) is 9.02. The second-order valence-corrected chi connectivity index (χ2v) is 7.15. The monoisotopic (exact) mass is 381 g/mol. The first-order valence-corrected chi connectivity index (χ1v) is 9.02. The van der Waals surface area contributed by atoms with Crippen LogP contribution in [0.5, 0.6) is 0 Å². The van der Waals surface area contributed by atoms with Gasteiger partial charge in [0.2, 0.25) is 5.91 Å². The number of fused-ring (bicyclic) bond motifs is 1. The zero-order valence-corrected chi connectivity index (χ0v) is 15.4. The van der Waals surface area contributed by atoms with E-state index in [4.69, 9.17) is 4.84 Å². The van der Waals surface area contributed by atoms with Gasteiger partial charge in [0, 0.05) is 18.2 Å². The fraction of sp³-hybridized carbons (Fsp3) is 0.300. The Morgan fingerprint density at radius 3 is 2.21 bits per heavy atom. The lowest BCUT2D eigenvalue weighted by Crippen LogP contribution is -2.41. The van der Waals surface area contributed by atoms with Crippen LogP contribution in [0.3, 0.4) is 0 Å². The zero-order valence-electron chi connectivity index (χ0n) is 15.4. The van der Waals surface area contributed by atoms with Gasteiger partial charge in [-0.15, -0.1) is 0 Å². The van der Waals surface area contributed by atoms with Gasteiger partial charge in [0.05, 0.1) is 16.7 Å². The fourth-order valence-corrected chi connectivity index (χ4v) is 3.88. The molecule has 2 heterocycles. The minimum Gasteiger partial charge on any atom is -0.277 e. The van der Waals surface area contributed by atoms with Crippen LogP contribution < -0.4 is 5.06 Å². The molecule has 3 atom stereocenters.